The SMILES string of the molecule is NCC1CN(C2CCN(C(=O)OCc3ccccc3)C2)C1. The standard InChI is InChI=1S/C16H23N3O2/c17-8-14-9-19(10-14)15-6-7-18(11-15)16(20)21-12-13-4-2-1-3-5-13/h1-5,14-15H,6-12,17H2. The second kappa shape index (κ2) is 6.45. The lowest BCUT2D eigenvalue weighted by Crippen LogP contribution is -2.55. The molecule has 114 valence electrons. The van der Waals surface area contributed by atoms with Gasteiger partial charge in [-0.05, 0) is 24.4 Å². The highest BCUT2D eigenvalue weighted by Crippen LogP contribution is 2.24. The van der Waals surface area contributed by atoms with E-state index in [9.17, 15) is 4.79 Å². The third kappa shape index (κ3) is 3.36. The van der Waals surface area contributed by atoms with Gasteiger partial charge in [-0.2, -0.15) is 0 Å². The monoisotopic (exact) mass is 289 g/mol. The van der Waals surface area contributed by atoms with Crippen LogP contribution in [0.1, 0.15) is 12.0 Å². The van der Waals surface area contributed by atoms with Crippen molar-refractivity contribution in [2.75, 3.05) is 32.7 Å². The Morgan fingerprint density at radius 3 is 2.71 bits per heavy atom. The molecule has 2 aliphatic rings. The third-order valence-corrected chi connectivity index (χ3v) is 4.46. The van der Waals surface area contributed by atoms with Gasteiger partial charge in [-0.3, -0.25) is 4.90 Å². The van der Waals surface area contributed by atoms with Crippen LogP contribution >= 0.6 is 0 Å². The van der Waals surface area contributed by atoms with Crippen LogP contribution < -0.4 is 5.73 Å². The van der Waals surface area contributed by atoms with Crippen molar-refractivity contribution in [1.29, 1.82) is 0 Å². The highest BCUT2D eigenvalue weighted by Gasteiger charge is 2.36. The first-order valence-corrected chi connectivity index (χ1v) is 7.66. The average molecular weight is 289 g/mol. The third-order valence-electron chi connectivity index (χ3n) is 4.46. The minimum absolute atomic E-state index is 0.197. The molecule has 0 radical (unpaired) electrons. The maximum Gasteiger partial charge on any atom is 0.410 e. The van der Waals surface area contributed by atoms with Crippen LogP contribution in [-0.4, -0.2) is 54.7 Å². The summed E-state index contributed by atoms with van der Waals surface area (Å²) >= 11 is 0. The van der Waals surface area contributed by atoms with Crippen molar-refractivity contribution in [1.82, 2.24) is 9.80 Å². The number of nitrogens with two attached hydrogens (primary N) is 1. The van der Waals surface area contributed by atoms with Gasteiger partial charge in [-0.1, -0.05) is 30.3 Å². The molecular formula is C16H23N3O2. The van der Waals surface area contributed by atoms with Gasteiger partial charge >= 0.3 is 6.09 Å². The summed E-state index contributed by atoms with van der Waals surface area (Å²) in [4.78, 5) is 16.3. The first kappa shape index (κ1) is 14.4. The van der Waals surface area contributed by atoms with E-state index in [-0.39, 0.29) is 6.09 Å². The molecule has 1 atom stereocenters. The van der Waals surface area contributed by atoms with Gasteiger partial charge in [0.25, 0.3) is 0 Å². The summed E-state index contributed by atoms with van der Waals surface area (Å²) in [5, 5.41) is 0. The lowest BCUT2D eigenvalue weighted by atomic mass is 9.97. The number of hydrogen-bond donors (Lipinski definition) is 1. The van der Waals surface area contributed by atoms with E-state index in [0.717, 1.165) is 44.7 Å². The van der Waals surface area contributed by atoms with Crippen molar-refractivity contribution in [2.45, 2.75) is 19.1 Å². The summed E-state index contributed by atoms with van der Waals surface area (Å²) in [5.74, 6) is 0.643. The fourth-order valence-corrected chi connectivity index (χ4v) is 3.07. The number of likely N-dealkylation sites (tertiary alicyclic amines) is 2. The normalized spacial score (nSPS) is 23.1. The van der Waals surface area contributed by atoms with E-state index in [4.69, 9.17) is 10.5 Å². The predicted octanol–water partition coefficient (Wildman–Crippen LogP) is 1.29. The van der Waals surface area contributed by atoms with Crippen LogP contribution in [0.5, 0.6) is 0 Å². The second-order valence-electron chi connectivity index (χ2n) is 5.98. The molecule has 5 heteroatoms. The lowest BCUT2D eigenvalue weighted by Gasteiger charge is -2.42. The Morgan fingerprint density at radius 2 is 2.00 bits per heavy atom. The molecule has 1 aromatic rings. The van der Waals surface area contributed by atoms with Crippen LogP contribution in [-0.2, 0) is 11.3 Å². The molecule has 2 N–H and O–H groups in total. The maximum absolute atomic E-state index is 12.1. The topological polar surface area (TPSA) is 58.8 Å². The number of carbonyl (C=O) groups excluding carboxylic acids is 1. The van der Waals surface area contributed by atoms with Crippen LogP contribution in [0, 0.1) is 5.92 Å². The van der Waals surface area contributed by atoms with Crippen LogP contribution in [0.3, 0.4) is 0 Å². The number of hydrogen-bond acceptors (Lipinski definition) is 4. The summed E-state index contributed by atoms with van der Waals surface area (Å²) in [6, 6.07) is 10.3. The minimum atomic E-state index is -0.197. The zero-order chi connectivity index (χ0) is 14.7. The summed E-state index contributed by atoms with van der Waals surface area (Å²) in [6.07, 6.45) is 0.842. The summed E-state index contributed by atoms with van der Waals surface area (Å²) in [7, 11) is 0. The maximum atomic E-state index is 12.1. The van der Waals surface area contributed by atoms with Gasteiger partial charge in [-0.25, -0.2) is 4.79 Å². The Hall–Kier alpha value is -1.59. The van der Waals surface area contributed by atoms with E-state index in [1.807, 2.05) is 35.2 Å². The van der Waals surface area contributed by atoms with Crippen molar-refractivity contribution < 1.29 is 9.53 Å². The van der Waals surface area contributed by atoms with Crippen molar-refractivity contribution in [3.05, 3.63) is 35.9 Å². The molecule has 2 aliphatic heterocycles. The zero-order valence-corrected chi connectivity index (χ0v) is 12.3. The molecule has 0 bridgehead atoms. The molecule has 0 saturated carbocycles. The van der Waals surface area contributed by atoms with Crippen molar-refractivity contribution >= 4 is 6.09 Å². The molecule has 1 unspecified atom stereocenters. The number of carbonyl (C=O) groups is 1. The van der Waals surface area contributed by atoms with E-state index in [1.54, 1.807) is 0 Å². The van der Waals surface area contributed by atoms with E-state index >= 15 is 0 Å². The van der Waals surface area contributed by atoms with Crippen molar-refractivity contribution in [3.8, 4) is 0 Å². The molecule has 2 saturated heterocycles. The molecule has 21 heavy (non-hydrogen) atoms. The van der Waals surface area contributed by atoms with Gasteiger partial charge in [0.15, 0.2) is 0 Å². The molecule has 1 aromatic carbocycles. The molecule has 0 aliphatic carbocycles. The average Bonchev–Trinajstić information content (AvgIpc) is 2.94. The molecule has 3 rings (SSSR count). The van der Waals surface area contributed by atoms with E-state index in [0.29, 0.717) is 18.6 Å². The molecule has 2 heterocycles. The van der Waals surface area contributed by atoms with E-state index in [1.165, 1.54) is 0 Å². The Bertz CT molecular complexity index is 474. The quantitative estimate of drug-likeness (QED) is 0.907. The smallest absolute Gasteiger partial charge is 0.410 e. The highest BCUT2D eigenvalue weighted by atomic mass is 16.6. The van der Waals surface area contributed by atoms with Gasteiger partial charge in [0, 0.05) is 32.2 Å². The second-order valence-corrected chi connectivity index (χ2v) is 5.98. The number of amides is 1. The van der Waals surface area contributed by atoms with Crippen LogP contribution in [0.2, 0.25) is 0 Å². The van der Waals surface area contributed by atoms with Crippen LogP contribution in [0.4, 0.5) is 4.79 Å². The van der Waals surface area contributed by atoms with E-state index in [2.05, 4.69) is 4.90 Å². The Kier molecular flexibility index (Phi) is 4.41. The number of nitrogens with zero attached hydrogens (tertiary/aromatic N) is 2. The summed E-state index contributed by atoms with van der Waals surface area (Å²) in [6.45, 7) is 4.85. The Labute approximate surface area is 125 Å². The first-order chi connectivity index (χ1) is 10.3. The van der Waals surface area contributed by atoms with Crippen LogP contribution in [0.25, 0.3) is 0 Å². The van der Waals surface area contributed by atoms with Crippen molar-refractivity contribution in [3.63, 3.8) is 0 Å². The van der Waals surface area contributed by atoms with Crippen molar-refractivity contribution in [2.24, 2.45) is 11.7 Å². The van der Waals surface area contributed by atoms with Gasteiger partial charge in [0.05, 0.1) is 0 Å². The largest absolute Gasteiger partial charge is 0.445 e. The molecule has 0 spiro atoms. The molecule has 0 aromatic heterocycles. The Morgan fingerprint density at radius 1 is 1.24 bits per heavy atom. The number of ether oxygens (including phenoxy) is 1. The fraction of sp³-hybridized carbons (Fsp3) is 0.562. The zero-order valence-electron chi connectivity index (χ0n) is 12.3. The first-order valence-electron chi connectivity index (χ1n) is 7.66. The summed E-state index contributed by atoms with van der Waals surface area (Å²) in [5.41, 5.74) is 6.68. The minimum Gasteiger partial charge on any atom is -0.445 e. The highest BCUT2D eigenvalue weighted by molar-refractivity contribution is 5.68. The van der Waals surface area contributed by atoms with Gasteiger partial charge in [-0.15, -0.1) is 0 Å². The molecule has 5 nitrogen and oxygen atoms in total. The van der Waals surface area contributed by atoms with Gasteiger partial charge < -0.3 is 15.4 Å². The Balaban J connectivity index is 1.42. The fourth-order valence-electron chi connectivity index (χ4n) is 3.07. The van der Waals surface area contributed by atoms with Crippen LogP contribution in [0.15, 0.2) is 30.3 Å². The molecule has 1 amide bonds. The predicted molar refractivity (Wildman–Crippen MR) is 80.7 cm³/mol. The molecule has 2 fully saturated rings. The summed E-state index contributed by atoms with van der Waals surface area (Å²) < 4.78 is 5.38. The lowest BCUT2D eigenvalue weighted by molar-refractivity contribution is 0.0567. The van der Waals surface area contributed by atoms with Gasteiger partial charge in [0.2, 0.25) is 0 Å². The molecular weight excluding hydrogens is 266 g/mol. The number of rotatable bonds is 4. The van der Waals surface area contributed by atoms with Gasteiger partial charge in [0.1, 0.15) is 6.61 Å². The number of benzene rings is 1. The van der Waals surface area contributed by atoms with E-state index < -0.39 is 0 Å².